The normalized spacial score (nSPS) is 31.2. The Hall–Kier alpha value is 0.250. The molecule has 2 spiro atoms. The highest BCUT2D eigenvalue weighted by Gasteiger charge is 2.78. The summed E-state index contributed by atoms with van der Waals surface area (Å²) in [6.07, 6.45) is 33.2. The fourth-order valence-corrected chi connectivity index (χ4v) is 9.37. The topological polar surface area (TPSA) is 17.1 Å². The van der Waals surface area contributed by atoms with Gasteiger partial charge in [-0.25, -0.2) is 0 Å². The average Bonchev–Trinajstić information content (AvgIpc) is 2.92. The van der Waals surface area contributed by atoms with Gasteiger partial charge in [0.1, 0.15) is 4.33 Å². The number of ketones is 1. The van der Waals surface area contributed by atoms with Crippen LogP contribution in [-0.4, -0.2) is 10.1 Å². The molecule has 3 rings (SSSR count). The van der Waals surface area contributed by atoms with Crippen molar-refractivity contribution in [3.63, 3.8) is 0 Å². The predicted molar refractivity (Wildman–Crippen MR) is 163 cm³/mol. The number of halogens is 2. The van der Waals surface area contributed by atoms with Gasteiger partial charge in [-0.1, -0.05) is 153 Å². The summed E-state index contributed by atoms with van der Waals surface area (Å²) in [5.74, 6) is 2.02. The Morgan fingerprint density at radius 3 is 1.14 bits per heavy atom. The van der Waals surface area contributed by atoms with E-state index in [1.54, 1.807) is 0 Å². The number of hydrogen-bond acceptors (Lipinski definition) is 1. The highest BCUT2D eigenvalue weighted by atomic mass is 35.5. The smallest absolute Gasteiger partial charge is 0.151 e. The molecule has 0 N–H and O–H groups in total. The summed E-state index contributed by atoms with van der Waals surface area (Å²) in [6, 6.07) is 0. The van der Waals surface area contributed by atoms with Gasteiger partial charge in [0.25, 0.3) is 0 Å². The van der Waals surface area contributed by atoms with E-state index < -0.39 is 15.2 Å². The van der Waals surface area contributed by atoms with E-state index in [0.717, 1.165) is 63.2 Å². The number of carbonyl (C=O) groups is 1. The van der Waals surface area contributed by atoms with Gasteiger partial charge in [-0.15, -0.1) is 0 Å². The van der Waals surface area contributed by atoms with Gasteiger partial charge in [-0.05, 0) is 63.2 Å². The summed E-state index contributed by atoms with van der Waals surface area (Å²) >= 11 is 14.4. The quantitative estimate of drug-likeness (QED) is 0.121. The molecule has 0 saturated heterocycles. The maximum Gasteiger partial charge on any atom is 0.151 e. The first kappa shape index (κ1) is 31.8. The van der Waals surface area contributed by atoms with Crippen LogP contribution in [0.3, 0.4) is 0 Å². The van der Waals surface area contributed by atoms with E-state index in [4.69, 9.17) is 23.2 Å². The van der Waals surface area contributed by atoms with Crippen LogP contribution < -0.4 is 0 Å². The second kappa shape index (κ2) is 15.9. The molecule has 0 aromatic carbocycles. The van der Waals surface area contributed by atoms with Crippen molar-refractivity contribution in [1.29, 1.82) is 0 Å². The van der Waals surface area contributed by atoms with Gasteiger partial charge >= 0.3 is 0 Å². The van der Waals surface area contributed by atoms with Crippen molar-refractivity contribution >= 4 is 29.0 Å². The monoisotopic (exact) mass is 554 g/mol. The number of alkyl halides is 2. The largest absolute Gasteiger partial charge is 0.298 e. The van der Waals surface area contributed by atoms with Crippen LogP contribution in [0.1, 0.15) is 181 Å². The van der Waals surface area contributed by atoms with Gasteiger partial charge in [0.15, 0.2) is 5.78 Å². The molecule has 3 saturated carbocycles. The Labute approximate surface area is 241 Å². The first-order chi connectivity index (χ1) is 17.9. The standard InChI is InChI=1S/C34H60Cl2O/c1-3-5-7-9-11-13-15-17-19-29-21-25-32(26-22-29)31(37)33(34(32,35)36)27-23-30(24-28-33)20-18-16-14-12-10-8-6-4-2/h29-30H,3-28H2,1-2H3/t29?,30?,32-,33-. The summed E-state index contributed by atoms with van der Waals surface area (Å²) in [5, 5.41) is 0. The first-order valence-electron chi connectivity index (χ1n) is 16.9. The molecule has 3 fully saturated rings. The van der Waals surface area contributed by atoms with Crippen molar-refractivity contribution in [1.82, 2.24) is 0 Å². The minimum Gasteiger partial charge on any atom is -0.298 e. The number of unbranched alkanes of at least 4 members (excludes halogenated alkanes) is 14. The summed E-state index contributed by atoms with van der Waals surface area (Å²) in [6.45, 7) is 4.57. The van der Waals surface area contributed by atoms with E-state index in [1.165, 1.54) is 116 Å². The molecular weight excluding hydrogens is 495 g/mol. The number of carbonyl (C=O) groups excluding carboxylic acids is 1. The minimum atomic E-state index is -0.829. The lowest BCUT2D eigenvalue weighted by molar-refractivity contribution is -0.172. The second-order valence-corrected chi connectivity index (χ2v) is 14.8. The van der Waals surface area contributed by atoms with Crippen LogP contribution in [0, 0.1) is 22.7 Å². The van der Waals surface area contributed by atoms with Crippen LogP contribution in [0.15, 0.2) is 0 Å². The van der Waals surface area contributed by atoms with Crippen molar-refractivity contribution in [3.05, 3.63) is 0 Å². The lowest BCUT2D eigenvalue weighted by atomic mass is 9.42. The maximum atomic E-state index is 13.8. The van der Waals surface area contributed by atoms with Crippen molar-refractivity contribution in [3.8, 4) is 0 Å². The maximum absolute atomic E-state index is 13.8. The van der Waals surface area contributed by atoms with E-state index in [1.807, 2.05) is 0 Å². The third-order valence-corrected chi connectivity index (χ3v) is 12.4. The number of hydrogen-bond donors (Lipinski definition) is 0. The highest BCUT2D eigenvalue weighted by Crippen LogP contribution is 2.74. The Balaban J connectivity index is 1.32. The number of rotatable bonds is 18. The molecule has 0 aromatic rings. The zero-order valence-corrected chi connectivity index (χ0v) is 26.2. The van der Waals surface area contributed by atoms with Gasteiger partial charge in [0, 0.05) is 0 Å². The highest BCUT2D eigenvalue weighted by molar-refractivity contribution is 6.55. The molecule has 0 unspecified atom stereocenters. The van der Waals surface area contributed by atoms with Crippen LogP contribution in [-0.2, 0) is 4.79 Å². The summed E-state index contributed by atoms with van der Waals surface area (Å²) < 4.78 is -0.829. The van der Waals surface area contributed by atoms with Crippen molar-refractivity contribution in [2.45, 2.75) is 185 Å². The lowest BCUT2D eigenvalue weighted by Gasteiger charge is -2.67. The van der Waals surface area contributed by atoms with Crippen molar-refractivity contribution in [2.75, 3.05) is 0 Å². The molecule has 0 radical (unpaired) electrons. The molecule has 1 nitrogen and oxygen atoms in total. The van der Waals surface area contributed by atoms with Crippen LogP contribution in [0.4, 0.5) is 0 Å². The molecular formula is C34H60Cl2O. The lowest BCUT2D eigenvalue weighted by Crippen LogP contribution is -2.74. The van der Waals surface area contributed by atoms with Crippen molar-refractivity contribution < 1.29 is 4.79 Å². The SMILES string of the molecule is CCCCCCCCCCC1CC[C@]2(CC1)C(=O)[C@@]1(CCC(CCCCCCCCCC)CC1)C2(Cl)Cl. The zero-order chi connectivity index (χ0) is 26.6. The van der Waals surface area contributed by atoms with Gasteiger partial charge in [-0.2, -0.15) is 0 Å². The Morgan fingerprint density at radius 1 is 0.541 bits per heavy atom. The van der Waals surface area contributed by atoms with Crippen LogP contribution in [0.2, 0.25) is 0 Å². The van der Waals surface area contributed by atoms with Gasteiger partial charge in [0.2, 0.25) is 0 Å². The van der Waals surface area contributed by atoms with Gasteiger partial charge in [-0.3, -0.25) is 4.79 Å². The fourth-order valence-electron chi connectivity index (χ4n) is 8.27. The fraction of sp³-hybridized carbons (Fsp3) is 0.971. The van der Waals surface area contributed by atoms with E-state index in [-0.39, 0.29) is 0 Å². The zero-order valence-electron chi connectivity index (χ0n) is 24.7. The molecule has 0 amide bonds. The summed E-state index contributed by atoms with van der Waals surface area (Å²) in [5.41, 5.74) is -0.868. The molecule has 0 aromatic heterocycles. The molecule has 37 heavy (non-hydrogen) atoms. The van der Waals surface area contributed by atoms with Crippen LogP contribution >= 0.6 is 23.2 Å². The molecule has 3 aliphatic carbocycles. The Kier molecular flexibility index (Phi) is 13.6. The molecule has 0 bridgehead atoms. The Morgan fingerprint density at radius 2 is 0.838 bits per heavy atom. The third kappa shape index (κ3) is 7.71. The molecule has 0 aliphatic heterocycles. The molecule has 3 aliphatic rings. The van der Waals surface area contributed by atoms with Crippen LogP contribution in [0.25, 0.3) is 0 Å². The molecule has 0 atom stereocenters. The minimum absolute atomic E-state index is 0.434. The second-order valence-electron chi connectivity index (χ2n) is 13.5. The first-order valence-corrected chi connectivity index (χ1v) is 17.6. The molecule has 216 valence electrons. The summed E-state index contributed by atoms with van der Waals surface area (Å²) in [7, 11) is 0. The third-order valence-electron chi connectivity index (χ3n) is 10.9. The van der Waals surface area contributed by atoms with E-state index in [9.17, 15) is 4.79 Å². The van der Waals surface area contributed by atoms with E-state index >= 15 is 0 Å². The van der Waals surface area contributed by atoms with Gasteiger partial charge < -0.3 is 0 Å². The predicted octanol–water partition coefficient (Wildman–Crippen LogP) is 12.2. The molecule has 3 heteroatoms. The Bertz CT molecular complexity index is 588. The van der Waals surface area contributed by atoms with Crippen molar-refractivity contribution in [2.24, 2.45) is 22.7 Å². The summed E-state index contributed by atoms with van der Waals surface area (Å²) in [4.78, 5) is 13.8. The van der Waals surface area contributed by atoms with Gasteiger partial charge in [0.05, 0.1) is 10.8 Å². The van der Waals surface area contributed by atoms with E-state index in [2.05, 4.69) is 13.8 Å². The average molecular weight is 556 g/mol. The molecule has 0 heterocycles. The van der Waals surface area contributed by atoms with E-state index in [0.29, 0.717) is 5.78 Å². The number of Topliss-reactive ketones (excluding diaryl/α,β-unsaturated/α-hetero) is 1. The van der Waals surface area contributed by atoms with Crippen LogP contribution in [0.5, 0.6) is 0 Å².